The molecule has 0 saturated heterocycles. The van der Waals surface area contributed by atoms with E-state index >= 15 is 0 Å². The average molecular weight is 317 g/mol. The highest BCUT2D eigenvalue weighted by molar-refractivity contribution is 6.21. The minimum atomic E-state index is -4.64. The molecule has 1 aromatic rings. The van der Waals surface area contributed by atoms with Crippen molar-refractivity contribution in [3.05, 3.63) is 33.9 Å². The van der Waals surface area contributed by atoms with E-state index in [9.17, 15) is 23.3 Å². The molecular formula is C10H9Cl2F3N2O2. The minimum absolute atomic E-state index is 0.0516. The van der Waals surface area contributed by atoms with Crippen LogP contribution >= 0.6 is 23.2 Å². The van der Waals surface area contributed by atoms with E-state index in [-0.39, 0.29) is 17.4 Å². The van der Waals surface area contributed by atoms with Crippen molar-refractivity contribution >= 4 is 34.6 Å². The van der Waals surface area contributed by atoms with E-state index in [4.69, 9.17) is 23.2 Å². The van der Waals surface area contributed by atoms with Crippen molar-refractivity contribution in [3.8, 4) is 0 Å². The zero-order chi connectivity index (χ0) is 14.6. The molecule has 0 spiro atoms. The van der Waals surface area contributed by atoms with Crippen molar-refractivity contribution < 1.29 is 18.1 Å². The van der Waals surface area contributed by atoms with Crippen molar-refractivity contribution in [1.29, 1.82) is 0 Å². The Bertz CT molecular complexity index is 465. The van der Waals surface area contributed by atoms with Gasteiger partial charge in [-0.3, -0.25) is 10.1 Å². The number of alkyl halides is 5. The summed E-state index contributed by atoms with van der Waals surface area (Å²) in [5.74, 6) is 0.142. The molecule has 0 amide bonds. The predicted octanol–water partition coefficient (Wildman–Crippen LogP) is 3.87. The van der Waals surface area contributed by atoms with Crippen LogP contribution in [0.25, 0.3) is 0 Å². The van der Waals surface area contributed by atoms with Gasteiger partial charge in [0.1, 0.15) is 5.69 Å². The van der Waals surface area contributed by atoms with Crippen LogP contribution in [0.15, 0.2) is 18.2 Å². The van der Waals surface area contributed by atoms with Crippen molar-refractivity contribution in [1.82, 2.24) is 0 Å². The van der Waals surface area contributed by atoms with E-state index < -0.39 is 28.4 Å². The van der Waals surface area contributed by atoms with Crippen LogP contribution in [0.4, 0.5) is 24.5 Å². The number of hydrogen-bond donors (Lipinski definition) is 1. The topological polar surface area (TPSA) is 55.2 Å². The third-order valence-electron chi connectivity index (χ3n) is 2.25. The van der Waals surface area contributed by atoms with E-state index in [1.165, 1.54) is 0 Å². The molecule has 4 nitrogen and oxygen atoms in total. The van der Waals surface area contributed by atoms with E-state index in [0.29, 0.717) is 6.07 Å². The lowest BCUT2D eigenvalue weighted by atomic mass is 10.1. The van der Waals surface area contributed by atoms with Gasteiger partial charge >= 0.3 is 6.18 Å². The van der Waals surface area contributed by atoms with Crippen LogP contribution in [0.5, 0.6) is 0 Å². The summed E-state index contributed by atoms with van der Waals surface area (Å²) in [6.07, 6.45) is -4.64. The van der Waals surface area contributed by atoms with Gasteiger partial charge in [0.2, 0.25) is 0 Å². The Kier molecular flexibility index (Phi) is 5.25. The molecule has 1 N–H and O–H groups in total. The van der Waals surface area contributed by atoms with Gasteiger partial charge in [-0.15, -0.1) is 23.2 Å². The van der Waals surface area contributed by atoms with E-state index in [2.05, 4.69) is 5.32 Å². The largest absolute Gasteiger partial charge is 0.416 e. The van der Waals surface area contributed by atoms with Crippen LogP contribution in [0.1, 0.15) is 5.56 Å². The molecule has 0 heterocycles. The molecule has 0 atom stereocenters. The summed E-state index contributed by atoms with van der Waals surface area (Å²) in [6, 6.07) is 1.75. The number of nitrogens with one attached hydrogen (secondary N) is 1. The molecule has 0 aromatic heterocycles. The Balaban J connectivity index is 3.15. The quantitative estimate of drug-likeness (QED) is 0.509. The first kappa shape index (κ1) is 15.8. The lowest BCUT2D eigenvalue weighted by molar-refractivity contribution is -0.384. The Morgan fingerprint density at radius 2 is 1.89 bits per heavy atom. The van der Waals surface area contributed by atoms with Gasteiger partial charge in [0.15, 0.2) is 0 Å². The van der Waals surface area contributed by atoms with E-state index in [1.807, 2.05) is 0 Å². The summed E-state index contributed by atoms with van der Waals surface area (Å²) in [5.41, 5.74) is -1.81. The second-order valence-corrected chi connectivity index (χ2v) is 4.25. The summed E-state index contributed by atoms with van der Waals surface area (Å²) in [6.45, 7) is 0. The monoisotopic (exact) mass is 316 g/mol. The fourth-order valence-electron chi connectivity index (χ4n) is 1.32. The Hall–Kier alpha value is -1.21. The fraction of sp³-hybridized carbons (Fsp3) is 0.400. The lowest BCUT2D eigenvalue weighted by Gasteiger charge is -2.15. The first-order chi connectivity index (χ1) is 8.79. The fourth-order valence-corrected chi connectivity index (χ4v) is 1.80. The third kappa shape index (κ3) is 4.14. The molecule has 19 heavy (non-hydrogen) atoms. The Morgan fingerprint density at radius 1 is 1.32 bits per heavy atom. The first-order valence-corrected chi connectivity index (χ1v) is 6.10. The Morgan fingerprint density at radius 3 is 2.32 bits per heavy atom. The minimum Gasteiger partial charge on any atom is -0.374 e. The standard InChI is InChI=1S/C10H9Cl2F3N2O2/c11-4-7(5-12)16-8-2-1-6(10(13,14)15)3-9(8)17(18)19/h1-3,7,16H,4-5H2. The zero-order valence-electron chi connectivity index (χ0n) is 9.38. The molecule has 0 fully saturated rings. The number of hydrogen-bond acceptors (Lipinski definition) is 3. The number of nitro groups is 1. The number of nitrogens with zero attached hydrogens (tertiary/aromatic N) is 1. The van der Waals surface area contributed by atoms with Gasteiger partial charge in [-0.1, -0.05) is 0 Å². The van der Waals surface area contributed by atoms with Crippen molar-refractivity contribution in [2.75, 3.05) is 17.1 Å². The maximum absolute atomic E-state index is 12.5. The molecule has 0 aliphatic carbocycles. The van der Waals surface area contributed by atoms with Gasteiger partial charge in [-0.05, 0) is 12.1 Å². The maximum atomic E-state index is 12.5. The second-order valence-electron chi connectivity index (χ2n) is 3.64. The number of rotatable bonds is 5. The van der Waals surface area contributed by atoms with Crippen LogP contribution in [0, 0.1) is 10.1 Å². The van der Waals surface area contributed by atoms with Crippen molar-refractivity contribution in [2.24, 2.45) is 0 Å². The van der Waals surface area contributed by atoms with Gasteiger partial charge in [0, 0.05) is 17.8 Å². The van der Waals surface area contributed by atoms with Gasteiger partial charge in [-0.2, -0.15) is 13.2 Å². The molecule has 1 rings (SSSR count). The van der Waals surface area contributed by atoms with Gasteiger partial charge in [0.25, 0.3) is 5.69 Å². The lowest BCUT2D eigenvalue weighted by Crippen LogP contribution is -2.23. The van der Waals surface area contributed by atoms with E-state index in [1.54, 1.807) is 0 Å². The van der Waals surface area contributed by atoms with Crippen LogP contribution in [-0.4, -0.2) is 22.7 Å². The number of benzene rings is 1. The molecule has 106 valence electrons. The number of nitro benzene ring substituents is 1. The number of anilines is 1. The van der Waals surface area contributed by atoms with Crippen LogP contribution < -0.4 is 5.32 Å². The molecule has 0 aliphatic heterocycles. The van der Waals surface area contributed by atoms with Crippen LogP contribution in [0.2, 0.25) is 0 Å². The highest BCUT2D eigenvalue weighted by atomic mass is 35.5. The molecule has 0 radical (unpaired) electrons. The van der Waals surface area contributed by atoms with Crippen LogP contribution in [-0.2, 0) is 6.18 Å². The highest BCUT2D eigenvalue weighted by Gasteiger charge is 2.33. The maximum Gasteiger partial charge on any atom is 0.416 e. The molecular weight excluding hydrogens is 308 g/mol. The zero-order valence-corrected chi connectivity index (χ0v) is 10.9. The van der Waals surface area contributed by atoms with Gasteiger partial charge < -0.3 is 5.32 Å². The summed E-state index contributed by atoms with van der Waals surface area (Å²) in [4.78, 5) is 9.90. The highest BCUT2D eigenvalue weighted by Crippen LogP contribution is 2.35. The summed E-state index contributed by atoms with van der Waals surface area (Å²) in [7, 11) is 0. The molecule has 0 saturated carbocycles. The second kappa shape index (κ2) is 6.29. The summed E-state index contributed by atoms with van der Waals surface area (Å²) >= 11 is 11.1. The predicted molar refractivity (Wildman–Crippen MR) is 66.9 cm³/mol. The molecule has 0 aliphatic rings. The van der Waals surface area contributed by atoms with Gasteiger partial charge in [0.05, 0.1) is 16.5 Å². The summed E-state index contributed by atoms with van der Waals surface area (Å²) < 4.78 is 37.4. The van der Waals surface area contributed by atoms with Crippen LogP contribution in [0.3, 0.4) is 0 Å². The van der Waals surface area contributed by atoms with Crippen molar-refractivity contribution in [2.45, 2.75) is 12.2 Å². The normalized spacial score (nSPS) is 11.7. The number of halogens is 5. The first-order valence-electron chi connectivity index (χ1n) is 5.03. The van der Waals surface area contributed by atoms with Gasteiger partial charge in [-0.25, -0.2) is 0 Å². The third-order valence-corrected chi connectivity index (χ3v) is 3.00. The summed E-state index contributed by atoms with van der Waals surface area (Å²) in [5, 5.41) is 13.4. The molecule has 9 heteroatoms. The molecule has 1 aromatic carbocycles. The Labute approximate surface area is 116 Å². The smallest absolute Gasteiger partial charge is 0.374 e. The average Bonchev–Trinajstić information content (AvgIpc) is 2.34. The molecule has 0 unspecified atom stereocenters. The van der Waals surface area contributed by atoms with E-state index in [0.717, 1.165) is 12.1 Å². The van der Waals surface area contributed by atoms with Crippen molar-refractivity contribution in [3.63, 3.8) is 0 Å². The molecule has 0 bridgehead atoms. The SMILES string of the molecule is O=[N+]([O-])c1cc(C(F)(F)F)ccc1NC(CCl)CCl.